The van der Waals surface area contributed by atoms with E-state index in [9.17, 15) is 5.26 Å². The van der Waals surface area contributed by atoms with Crippen molar-refractivity contribution >= 4 is 5.82 Å². The number of nitrogens with zero attached hydrogens (tertiary/aromatic N) is 2. The van der Waals surface area contributed by atoms with Crippen molar-refractivity contribution in [3.63, 3.8) is 0 Å². The van der Waals surface area contributed by atoms with Gasteiger partial charge in [0.25, 0.3) is 0 Å². The number of nitriles is 1. The lowest BCUT2D eigenvalue weighted by Crippen LogP contribution is -2.05. The number of benzene rings is 3. The first-order valence-electron chi connectivity index (χ1n) is 9.66. The lowest BCUT2D eigenvalue weighted by Gasteiger charge is -2.17. The van der Waals surface area contributed by atoms with Crippen molar-refractivity contribution in [3.05, 3.63) is 96.1 Å². The molecule has 0 saturated carbocycles. The van der Waals surface area contributed by atoms with Crippen molar-refractivity contribution in [2.75, 3.05) is 5.73 Å². The van der Waals surface area contributed by atoms with Crippen LogP contribution in [0.1, 0.15) is 18.1 Å². The molecule has 1 aromatic heterocycles. The van der Waals surface area contributed by atoms with E-state index >= 15 is 0 Å². The summed E-state index contributed by atoms with van der Waals surface area (Å²) in [5.41, 5.74) is 13.7. The van der Waals surface area contributed by atoms with E-state index in [1.807, 2.05) is 48.5 Å². The Kier molecular flexibility index (Phi) is 5.09. The fraction of sp³-hybridized carbons (Fsp3) is 0.0769. The van der Waals surface area contributed by atoms with Crippen LogP contribution in [0.2, 0.25) is 0 Å². The standard InChI is InChI=1S/C26H21N3/c1-2-22-24(20-15-13-19(14-16-20)18-9-5-3-6-10-18)23(17-27)26(28)29-25(22)21-11-7-4-8-12-21/h3-16H,2H2,1H3,(H2,28,29). The van der Waals surface area contributed by atoms with Crippen molar-refractivity contribution in [3.8, 4) is 39.6 Å². The smallest absolute Gasteiger partial charge is 0.142 e. The molecule has 3 heteroatoms. The SMILES string of the molecule is CCc1c(-c2ccccc2)nc(N)c(C#N)c1-c1ccc(-c2ccccc2)cc1. The molecule has 0 fully saturated rings. The normalized spacial score (nSPS) is 10.5. The molecule has 2 N–H and O–H groups in total. The fourth-order valence-electron chi connectivity index (χ4n) is 3.71. The Hall–Kier alpha value is -3.90. The van der Waals surface area contributed by atoms with E-state index in [1.165, 1.54) is 0 Å². The van der Waals surface area contributed by atoms with Gasteiger partial charge in [-0.05, 0) is 28.7 Å². The number of nitrogens with two attached hydrogens (primary N) is 1. The molecule has 4 rings (SSSR count). The Morgan fingerprint density at radius 1 is 0.759 bits per heavy atom. The van der Waals surface area contributed by atoms with Gasteiger partial charge in [0, 0.05) is 11.1 Å². The van der Waals surface area contributed by atoms with Crippen LogP contribution >= 0.6 is 0 Å². The van der Waals surface area contributed by atoms with Gasteiger partial charge < -0.3 is 5.73 Å². The zero-order valence-corrected chi connectivity index (χ0v) is 16.3. The van der Waals surface area contributed by atoms with Gasteiger partial charge in [-0.15, -0.1) is 0 Å². The van der Waals surface area contributed by atoms with Crippen molar-refractivity contribution in [1.82, 2.24) is 4.98 Å². The Balaban J connectivity index is 1.91. The number of aromatic nitrogens is 1. The third-order valence-electron chi connectivity index (χ3n) is 5.12. The minimum atomic E-state index is 0.269. The largest absolute Gasteiger partial charge is 0.383 e. The molecule has 0 radical (unpaired) electrons. The number of anilines is 1. The second-order valence-corrected chi connectivity index (χ2v) is 6.85. The van der Waals surface area contributed by atoms with Crippen LogP contribution in [0, 0.1) is 11.3 Å². The topological polar surface area (TPSA) is 62.7 Å². The molecule has 0 aliphatic carbocycles. The molecule has 29 heavy (non-hydrogen) atoms. The minimum Gasteiger partial charge on any atom is -0.383 e. The molecule has 0 atom stereocenters. The van der Waals surface area contributed by atoms with Crippen LogP contribution in [0.5, 0.6) is 0 Å². The maximum absolute atomic E-state index is 9.80. The summed E-state index contributed by atoms with van der Waals surface area (Å²) in [6, 6.07) is 30.8. The maximum Gasteiger partial charge on any atom is 0.142 e. The Labute approximate surface area is 171 Å². The van der Waals surface area contributed by atoms with Gasteiger partial charge in [-0.25, -0.2) is 4.98 Å². The van der Waals surface area contributed by atoms with E-state index in [0.717, 1.165) is 45.5 Å². The van der Waals surface area contributed by atoms with Crippen LogP contribution < -0.4 is 5.73 Å². The molecular formula is C26H21N3. The first kappa shape index (κ1) is 18.5. The lowest BCUT2D eigenvalue weighted by atomic mass is 9.90. The Bertz CT molecular complexity index is 1170. The van der Waals surface area contributed by atoms with E-state index in [1.54, 1.807) is 0 Å². The van der Waals surface area contributed by atoms with Crippen molar-refractivity contribution in [1.29, 1.82) is 5.26 Å². The molecule has 140 valence electrons. The lowest BCUT2D eigenvalue weighted by molar-refractivity contribution is 1.11. The summed E-state index contributed by atoms with van der Waals surface area (Å²) in [5, 5.41) is 9.80. The molecular weight excluding hydrogens is 354 g/mol. The third-order valence-corrected chi connectivity index (χ3v) is 5.12. The van der Waals surface area contributed by atoms with Gasteiger partial charge in [0.1, 0.15) is 17.5 Å². The van der Waals surface area contributed by atoms with Crippen molar-refractivity contribution in [2.45, 2.75) is 13.3 Å². The van der Waals surface area contributed by atoms with Crippen LogP contribution in [-0.4, -0.2) is 4.98 Å². The predicted molar refractivity (Wildman–Crippen MR) is 119 cm³/mol. The molecule has 0 amide bonds. The van der Waals surface area contributed by atoms with Gasteiger partial charge >= 0.3 is 0 Å². The summed E-state index contributed by atoms with van der Waals surface area (Å²) in [7, 11) is 0. The van der Waals surface area contributed by atoms with Gasteiger partial charge in [0.05, 0.1) is 5.69 Å². The van der Waals surface area contributed by atoms with Gasteiger partial charge in [-0.2, -0.15) is 5.26 Å². The summed E-state index contributed by atoms with van der Waals surface area (Å²) in [4.78, 5) is 4.59. The quantitative estimate of drug-likeness (QED) is 0.469. The summed E-state index contributed by atoms with van der Waals surface area (Å²) in [6.45, 7) is 2.09. The number of nitrogen functional groups attached to an aromatic ring is 1. The van der Waals surface area contributed by atoms with Crippen molar-refractivity contribution < 1.29 is 0 Å². The molecule has 0 saturated heterocycles. The summed E-state index contributed by atoms with van der Waals surface area (Å²) < 4.78 is 0. The van der Waals surface area contributed by atoms with Gasteiger partial charge in [0.2, 0.25) is 0 Å². The Morgan fingerprint density at radius 3 is 1.83 bits per heavy atom. The maximum atomic E-state index is 9.80. The second kappa shape index (κ2) is 8.00. The van der Waals surface area contributed by atoms with Crippen LogP contribution in [0.4, 0.5) is 5.82 Å². The third kappa shape index (κ3) is 3.49. The average Bonchev–Trinajstić information content (AvgIpc) is 2.79. The number of hydrogen-bond donors (Lipinski definition) is 1. The second-order valence-electron chi connectivity index (χ2n) is 6.85. The van der Waals surface area contributed by atoms with Gasteiger partial charge in [-0.3, -0.25) is 0 Å². The molecule has 1 heterocycles. The van der Waals surface area contributed by atoms with E-state index in [4.69, 9.17) is 5.73 Å². The zero-order chi connectivity index (χ0) is 20.2. The molecule has 0 spiro atoms. The zero-order valence-electron chi connectivity index (χ0n) is 16.3. The highest BCUT2D eigenvalue weighted by atomic mass is 14.9. The average molecular weight is 375 g/mol. The monoisotopic (exact) mass is 375 g/mol. The van der Waals surface area contributed by atoms with E-state index in [-0.39, 0.29) is 5.82 Å². The van der Waals surface area contributed by atoms with Gasteiger partial charge in [-0.1, -0.05) is 91.9 Å². The minimum absolute atomic E-state index is 0.269. The van der Waals surface area contributed by atoms with Crippen molar-refractivity contribution in [2.24, 2.45) is 0 Å². The van der Waals surface area contributed by atoms with Crippen LogP contribution in [0.25, 0.3) is 33.5 Å². The summed E-state index contributed by atoms with van der Waals surface area (Å²) in [6.07, 6.45) is 0.752. The van der Waals surface area contributed by atoms with Crippen LogP contribution in [-0.2, 0) is 6.42 Å². The van der Waals surface area contributed by atoms with Gasteiger partial charge in [0.15, 0.2) is 0 Å². The predicted octanol–water partition coefficient (Wildman–Crippen LogP) is 6.10. The number of hydrogen-bond acceptors (Lipinski definition) is 3. The van der Waals surface area contributed by atoms with E-state index < -0.39 is 0 Å². The summed E-state index contributed by atoms with van der Waals surface area (Å²) in [5.74, 6) is 0.269. The molecule has 0 aliphatic heterocycles. The first-order chi connectivity index (χ1) is 14.2. The highest BCUT2D eigenvalue weighted by Crippen LogP contribution is 2.37. The summed E-state index contributed by atoms with van der Waals surface area (Å²) >= 11 is 0. The van der Waals surface area contributed by atoms with E-state index in [2.05, 4.69) is 54.4 Å². The van der Waals surface area contributed by atoms with Crippen LogP contribution in [0.3, 0.4) is 0 Å². The molecule has 0 aliphatic rings. The molecule has 3 aromatic carbocycles. The molecule has 4 aromatic rings. The molecule has 3 nitrogen and oxygen atoms in total. The molecule has 0 unspecified atom stereocenters. The highest BCUT2D eigenvalue weighted by molar-refractivity contribution is 5.85. The Morgan fingerprint density at radius 2 is 1.28 bits per heavy atom. The number of pyridine rings is 1. The fourth-order valence-corrected chi connectivity index (χ4v) is 3.71. The number of rotatable bonds is 4. The molecule has 0 bridgehead atoms. The highest BCUT2D eigenvalue weighted by Gasteiger charge is 2.19. The first-order valence-corrected chi connectivity index (χ1v) is 9.66. The van der Waals surface area contributed by atoms with E-state index in [0.29, 0.717) is 5.56 Å². The van der Waals surface area contributed by atoms with Crippen LogP contribution in [0.15, 0.2) is 84.9 Å².